The van der Waals surface area contributed by atoms with Gasteiger partial charge < -0.3 is 14.8 Å². The Morgan fingerprint density at radius 1 is 1.06 bits per heavy atom. The number of hydrogen-bond acceptors (Lipinski definition) is 6. The summed E-state index contributed by atoms with van der Waals surface area (Å²) in [6.45, 7) is 4.71. The molecular formula is C25H28N4O4. The quantitative estimate of drug-likeness (QED) is 0.612. The number of carbonyl (C=O) groups is 2. The van der Waals surface area contributed by atoms with E-state index in [1.807, 2.05) is 55.5 Å². The molecule has 0 spiro atoms. The Morgan fingerprint density at radius 2 is 1.76 bits per heavy atom. The van der Waals surface area contributed by atoms with Crippen molar-refractivity contribution < 1.29 is 19.1 Å². The minimum absolute atomic E-state index is 0.0660. The van der Waals surface area contributed by atoms with Crippen molar-refractivity contribution in [1.29, 1.82) is 0 Å². The van der Waals surface area contributed by atoms with Crippen LogP contribution >= 0.6 is 0 Å². The lowest BCUT2D eigenvalue weighted by molar-refractivity contribution is -0.130. The first-order valence-electron chi connectivity index (χ1n) is 11.1. The van der Waals surface area contributed by atoms with Gasteiger partial charge in [-0.3, -0.25) is 9.59 Å². The summed E-state index contributed by atoms with van der Waals surface area (Å²) in [5.41, 5.74) is 2.02. The van der Waals surface area contributed by atoms with E-state index in [0.29, 0.717) is 18.8 Å². The second kappa shape index (κ2) is 9.44. The van der Waals surface area contributed by atoms with Gasteiger partial charge >= 0.3 is 0 Å². The molecule has 2 amide bonds. The number of ether oxygens (including phenoxy) is 2. The number of nitrogens with zero attached hydrogens (tertiary/aromatic N) is 3. The lowest BCUT2D eigenvalue weighted by Crippen LogP contribution is -2.50. The third-order valence-electron chi connectivity index (χ3n) is 5.92. The van der Waals surface area contributed by atoms with Gasteiger partial charge in [-0.2, -0.15) is 10.1 Å². The van der Waals surface area contributed by atoms with E-state index in [1.54, 1.807) is 7.11 Å². The molecule has 1 atom stereocenters. The first kappa shape index (κ1) is 22.5. The molecular weight excluding hydrogens is 420 g/mol. The van der Waals surface area contributed by atoms with E-state index < -0.39 is 5.54 Å². The molecule has 2 aromatic rings. The van der Waals surface area contributed by atoms with Crippen LogP contribution in [0.3, 0.4) is 0 Å². The van der Waals surface area contributed by atoms with E-state index in [9.17, 15) is 9.59 Å². The molecule has 0 unspecified atom stereocenters. The van der Waals surface area contributed by atoms with Gasteiger partial charge in [0.15, 0.2) is 0 Å². The highest BCUT2D eigenvalue weighted by Crippen LogP contribution is 2.40. The zero-order chi connectivity index (χ0) is 23.4. The van der Waals surface area contributed by atoms with E-state index in [4.69, 9.17) is 9.47 Å². The average Bonchev–Trinajstić information content (AvgIpc) is 3.24. The fourth-order valence-corrected chi connectivity index (χ4v) is 4.05. The predicted octanol–water partition coefficient (Wildman–Crippen LogP) is 4.23. The maximum absolute atomic E-state index is 13.4. The molecule has 1 N–H and O–H groups in total. The summed E-state index contributed by atoms with van der Waals surface area (Å²) in [4.78, 5) is 25.7. The molecule has 172 valence electrons. The number of benzene rings is 2. The highest BCUT2D eigenvalue weighted by atomic mass is 16.5. The van der Waals surface area contributed by atoms with Gasteiger partial charge in [-0.05, 0) is 54.3 Å². The molecule has 0 bridgehead atoms. The number of unbranched alkanes of at least 4 members (excludes halogenated alkanes) is 1. The summed E-state index contributed by atoms with van der Waals surface area (Å²) in [7, 11) is 1.60. The normalized spacial score (nSPS) is 20.3. The topological polar surface area (TPSA) is 92.6 Å². The Hall–Kier alpha value is -3.68. The number of rotatable bonds is 8. The predicted molar refractivity (Wildman–Crippen MR) is 123 cm³/mol. The fraction of sp³-hybridized carbons (Fsp3) is 0.360. The van der Waals surface area contributed by atoms with Gasteiger partial charge in [-0.25, -0.2) is 0 Å². The summed E-state index contributed by atoms with van der Waals surface area (Å²) < 4.78 is 11.0. The molecule has 8 heteroatoms. The zero-order valence-corrected chi connectivity index (χ0v) is 19.1. The van der Waals surface area contributed by atoms with Gasteiger partial charge in [0.1, 0.15) is 23.7 Å². The number of amides is 2. The van der Waals surface area contributed by atoms with Crippen LogP contribution < -0.4 is 14.8 Å². The summed E-state index contributed by atoms with van der Waals surface area (Å²) in [5.74, 6) is 0.808. The van der Waals surface area contributed by atoms with E-state index in [-0.39, 0.29) is 24.1 Å². The van der Waals surface area contributed by atoms with Gasteiger partial charge in [-0.1, -0.05) is 42.8 Å². The third kappa shape index (κ3) is 4.60. The van der Waals surface area contributed by atoms with Crippen LogP contribution in [-0.4, -0.2) is 37.1 Å². The monoisotopic (exact) mass is 448 g/mol. The molecule has 0 radical (unpaired) electrons. The van der Waals surface area contributed by atoms with E-state index >= 15 is 0 Å². The molecule has 0 saturated carbocycles. The second-order valence-electron chi connectivity index (χ2n) is 8.34. The smallest absolute Gasteiger partial charge is 0.272 e. The summed E-state index contributed by atoms with van der Waals surface area (Å²) in [6.07, 6.45) is 2.54. The molecule has 33 heavy (non-hydrogen) atoms. The van der Waals surface area contributed by atoms with Crippen molar-refractivity contribution >= 4 is 17.4 Å². The molecule has 0 aliphatic carbocycles. The van der Waals surface area contributed by atoms with Gasteiger partial charge in [0.2, 0.25) is 0 Å². The largest absolute Gasteiger partial charge is 0.497 e. The third-order valence-corrected chi connectivity index (χ3v) is 5.92. The maximum atomic E-state index is 13.4. The Bertz CT molecular complexity index is 1090. The SMILES string of the molecule is CCCCOc1ccc([C@]2(C)CC(c3ccc(OC)cc3)=C(N3N=NCC3=O)C(=O)N2)cc1. The minimum Gasteiger partial charge on any atom is -0.497 e. The molecule has 2 aromatic carbocycles. The van der Waals surface area contributed by atoms with Gasteiger partial charge in [0, 0.05) is 6.42 Å². The summed E-state index contributed by atoms with van der Waals surface area (Å²) >= 11 is 0. The molecule has 8 nitrogen and oxygen atoms in total. The van der Waals surface area contributed by atoms with Crippen LogP contribution in [-0.2, 0) is 15.1 Å². The lowest BCUT2D eigenvalue weighted by Gasteiger charge is -2.38. The first-order chi connectivity index (χ1) is 15.9. The summed E-state index contributed by atoms with van der Waals surface area (Å²) in [6, 6.07) is 15.2. The highest BCUT2D eigenvalue weighted by Gasteiger charge is 2.41. The molecule has 2 aliphatic heterocycles. The fourth-order valence-electron chi connectivity index (χ4n) is 4.05. The van der Waals surface area contributed by atoms with E-state index in [1.165, 1.54) is 0 Å². The van der Waals surface area contributed by atoms with Gasteiger partial charge in [0.05, 0.1) is 19.3 Å². The van der Waals surface area contributed by atoms with Crippen molar-refractivity contribution in [2.75, 3.05) is 20.3 Å². The molecule has 2 heterocycles. The standard InChI is InChI=1S/C25H28N4O4/c1-4-5-14-33-20-12-8-18(9-13-20)25(2)15-21(17-6-10-19(32-3)11-7-17)23(24(31)27-25)29-22(30)16-26-28-29/h6-13H,4-5,14-16H2,1-3H3,(H,27,31)/t25-/m0/s1. The van der Waals surface area contributed by atoms with Crippen molar-refractivity contribution in [3.05, 3.63) is 65.4 Å². The van der Waals surface area contributed by atoms with Gasteiger partial charge in [-0.15, -0.1) is 0 Å². The van der Waals surface area contributed by atoms with E-state index in [0.717, 1.165) is 40.3 Å². The molecule has 2 aliphatic rings. The molecule has 0 aromatic heterocycles. The number of nitrogens with one attached hydrogen (secondary N) is 1. The zero-order valence-electron chi connectivity index (χ0n) is 19.1. The Labute approximate surface area is 193 Å². The van der Waals surface area contributed by atoms with Crippen molar-refractivity contribution in [2.24, 2.45) is 10.3 Å². The Balaban J connectivity index is 1.70. The van der Waals surface area contributed by atoms with Crippen molar-refractivity contribution in [1.82, 2.24) is 10.3 Å². The van der Waals surface area contributed by atoms with Crippen molar-refractivity contribution in [2.45, 2.75) is 38.6 Å². The van der Waals surface area contributed by atoms with Crippen LogP contribution in [0.2, 0.25) is 0 Å². The Kier molecular flexibility index (Phi) is 6.44. The van der Waals surface area contributed by atoms with Crippen LogP contribution in [0, 0.1) is 0 Å². The minimum atomic E-state index is -0.683. The lowest BCUT2D eigenvalue weighted by atomic mass is 9.79. The molecule has 4 rings (SSSR count). The summed E-state index contributed by atoms with van der Waals surface area (Å²) in [5, 5.41) is 11.9. The van der Waals surface area contributed by atoms with Crippen LogP contribution in [0.25, 0.3) is 5.57 Å². The van der Waals surface area contributed by atoms with Gasteiger partial charge in [0.25, 0.3) is 11.8 Å². The van der Waals surface area contributed by atoms with Crippen molar-refractivity contribution in [3.8, 4) is 11.5 Å². The average molecular weight is 449 g/mol. The number of carbonyl (C=O) groups excluding carboxylic acids is 2. The van der Waals surface area contributed by atoms with Crippen LogP contribution in [0.5, 0.6) is 11.5 Å². The number of methoxy groups -OCH3 is 1. The van der Waals surface area contributed by atoms with Crippen molar-refractivity contribution in [3.63, 3.8) is 0 Å². The second-order valence-corrected chi connectivity index (χ2v) is 8.34. The molecule has 0 fully saturated rings. The molecule has 0 saturated heterocycles. The van der Waals surface area contributed by atoms with Crippen LogP contribution in [0.15, 0.2) is 64.6 Å². The van der Waals surface area contributed by atoms with Crippen LogP contribution in [0.1, 0.15) is 44.2 Å². The van der Waals surface area contributed by atoms with Crippen LogP contribution in [0.4, 0.5) is 0 Å². The first-order valence-corrected chi connectivity index (χ1v) is 11.1. The van der Waals surface area contributed by atoms with E-state index in [2.05, 4.69) is 22.6 Å². The maximum Gasteiger partial charge on any atom is 0.272 e. The number of hydrogen-bond donors (Lipinski definition) is 1. The Morgan fingerprint density at radius 3 is 2.36 bits per heavy atom. The highest BCUT2D eigenvalue weighted by molar-refractivity contribution is 6.06.